The SMILES string of the molecule is Cc1ccc(CN=C2CCC2NC(C)(C)C)cc1Cl. The topological polar surface area (TPSA) is 24.4 Å². The van der Waals surface area contributed by atoms with E-state index in [-0.39, 0.29) is 5.54 Å². The monoisotopic (exact) mass is 278 g/mol. The van der Waals surface area contributed by atoms with E-state index in [4.69, 9.17) is 16.6 Å². The molecule has 0 spiro atoms. The van der Waals surface area contributed by atoms with E-state index in [1.54, 1.807) is 0 Å². The first-order valence-electron chi connectivity index (χ1n) is 6.91. The van der Waals surface area contributed by atoms with Gasteiger partial charge < -0.3 is 5.32 Å². The van der Waals surface area contributed by atoms with Gasteiger partial charge >= 0.3 is 0 Å². The number of rotatable bonds is 3. The lowest BCUT2D eigenvalue weighted by Crippen LogP contribution is -2.52. The maximum atomic E-state index is 6.13. The van der Waals surface area contributed by atoms with E-state index in [0.717, 1.165) is 23.6 Å². The van der Waals surface area contributed by atoms with Crippen LogP contribution in [0.2, 0.25) is 5.02 Å². The summed E-state index contributed by atoms with van der Waals surface area (Å²) in [5, 5.41) is 4.43. The maximum absolute atomic E-state index is 6.13. The lowest BCUT2D eigenvalue weighted by atomic mass is 9.87. The molecule has 0 aliphatic heterocycles. The summed E-state index contributed by atoms with van der Waals surface area (Å²) >= 11 is 6.13. The van der Waals surface area contributed by atoms with E-state index in [1.165, 1.54) is 17.7 Å². The third-order valence-electron chi connectivity index (χ3n) is 3.40. The zero-order valence-corrected chi connectivity index (χ0v) is 13.0. The average molecular weight is 279 g/mol. The van der Waals surface area contributed by atoms with Crippen LogP contribution < -0.4 is 5.32 Å². The molecule has 2 rings (SSSR count). The minimum absolute atomic E-state index is 0.152. The Hall–Kier alpha value is -0.860. The lowest BCUT2D eigenvalue weighted by Gasteiger charge is -2.35. The molecule has 1 aromatic rings. The second-order valence-corrected chi connectivity index (χ2v) is 6.78. The highest BCUT2D eigenvalue weighted by molar-refractivity contribution is 6.31. The molecule has 1 saturated carbocycles. The smallest absolute Gasteiger partial charge is 0.0640 e. The minimum Gasteiger partial charge on any atom is -0.304 e. The summed E-state index contributed by atoms with van der Waals surface area (Å²) in [6.45, 7) is 9.35. The van der Waals surface area contributed by atoms with E-state index >= 15 is 0 Å². The molecule has 19 heavy (non-hydrogen) atoms. The Bertz CT molecular complexity index is 486. The fourth-order valence-corrected chi connectivity index (χ4v) is 2.42. The minimum atomic E-state index is 0.152. The van der Waals surface area contributed by atoms with Crippen molar-refractivity contribution in [3.8, 4) is 0 Å². The third kappa shape index (κ3) is 4.05. The van der Waals surface area contributed by atoms with Gasteiger partial charge in [0.2, 0.25) is 0 Å². The number of nitrogens with zero attached hydrogens (tertiary/aromatic N) is 1. The quantitative estimate of drug-likeness (QED) is 0.883. The highest BCUT2D eigenvalue weighted by Gasteiger charge is 2.28. The fourth-order valence-electron chi connectivity index (χ4n) is 2.21. The van der Waals surface area contributed by atoms with Gasteiger partial charge in [-0.3, -0.25) is 4.99 Å². The normalized spacial score (nSPS) is 21.5. The molecule has 0 aromatic heterocycles. The number of hydrogen-bond donors (Lipinski definition) is 1. The zero-order valence-electron chi connectivity index (χ0n) is 12.3. The van der Waals surface area contributed by atoms with Gasteiger partial charge in [-0.05, 0) is 57.7 Å². The summed E-state index contributed by atoms with van der Waals surface area (Å²) in [6.07, 6.45) is 2.32. The van der Waals surface area contributed by atoms with Crippen LogP contribution in [0.25, 0.3) is 0 Å². The predicted octanol–water partition coefficient (Wildman–Crippen LogP) is 4.14. The van der Waals surface area contributed by atoms with Gasteiger partial charge in [-0.2, -0.15) is 0 Å². The second-order valence-electron chi connectivity index (χ2n) is 6.38. The molecule has 1 N–H and O–H groups in total. The van der Waals surface area contributed by atoms with Crippen LogP contribution in [0.15, 0.2) is 23.2 Å². The standard InChI is InChI=1S/C16H23ClN2/c1-11-5-6-12(9-13(11)17)10-18-14-7-8-15(14)19-16(2,3)4/h5-6,9,15,19H,7-8,10H2,1-4H3. The van der Waals surface area contributed by atoms with Gasteiger partial charge in [0.1, 0.15) is 0 Å². The fraction of sp³-hybridized carbons (Fsp3) is 0.562. The maximum Gasteiger partial charge on any atom is 0.0640 e. The summed E-state index contributed by atoms with van der Waals surface area (Å²) in [4.78, 5) is 4.73. The Kier molecular flexibility index (Phi) is 4.32. The molecule has 3 heteroatoms. The van der Waals surface area contributed by atoms with Crippen molar-refractivity contribution in [2.24, 2.45) is 4.99 Å². The molecule has 1 aromatic carbocycles. The van der Waals surface area contributed by atoms with Crippen LogP contribution in [0.4, 0.5) is 0 Å². The Morgan fingerprint density at radius 2 is 2.11 bits per heavy atom. The zero-order chi connectivity index (χ0) is 14.0. The Balaban J connectivity index is 1.97. The number of aryl methyl sites for hydroxylation is 1. The summed E-state index contributed by atoms with van der Waals surface area (Å²) in [5.74, 6) is 0. The number of benzene rings is 1. The average Bonchev–Trinajstić information content (AvgIpc) is 2.29. The van der Waals surface area contributed by atoms with Gasteiger partial charge in [-0.15, -0.1) is 0 Å². The van der Waals surface area contributed by atoms with Crippen LogP contribution in [0.3, 0.4) is 0 Å². The van der Waals surface area contributed by atoms with Gasteiger partial charge in [0.25, 0.3) is 0 Å². The second kappa shape index (κ2) is 5.64. The third-order valence-corrected chi connectivity index (χ3v) is 3.81. The van der Waals surface area contributed by atoms with Gasteiger partial charge in [-0.1, -0.05) is 23.7 Å². The number of hydrogen-bond acceptors (Lipinski definition) is 2. The predicted molar refractivity (Wildman–Crippen MR) is 83.2 cm³/mol. The summed E-state index contributed by atoms with van der Waals surface area (Å²) in [5.41, 5.74) is 3.75. The van der Waals surface area contributed by atoms with Crippen LogP contribution in [0.5, 0.6) is 0 Å². The molecule has 1 atom stereocenters. The Morgan fingerprint density at radius 1 is 1.37 bits per heavy atom. The Morgan fingerprint density at radius 3 is 2.63 bits per heavy atom. The molecule has 0 amide bonds. The molecule has 1 aliphatic rings. The molecule has 1 aliphatic carbocycles. The molecule has 0 radical (unpaired) electrons. The highest BCUT2D eigenvalue weighted by atomic mass is 35.5. The van der Waals surface area contributed by atoms with E-state index in [9.17, 15) is 0 Å². The first-order valence-corrected chi connectivity index (χ1v) is 7.29. The van der Waals surface area contributed by atoms with Crippen molar-refractivity contribution in [2.45, 2.75) is 58.7 Å². The van der Waals surface area contributed by atoms with Gasteiger partial charge in [0.05, 0.1) is 6.54 Å². The largest absolute Gasteiger partial charge is 0.304 e. The van der Waals surface area contributed by atoms with Crippen molar-refractivity contribution >= 4 is 17.3 Å². The summed E-state index contributed by atoms with van der Waals surface area (Å²) in [7, 11) is 0. The van der Waals surface area contributed by atoms with Crippen molar-refractivity contribution < 1.29 is 0 Å². The van der Waals surface area contributed by atoms with Crippen LogP contribution in [-0.2, 0) is 6.54 Å². The summed E-state index contributed by atoms with van der Waals surface area (Å²) < 4.78 is 0. The number of aliphatic imine (C=N–C) groups is 1. The molecule has 104 valence electrons. The van der Waals surface area contributed by atoms with E-state index in [1.807, 2.05) is 13.0 Å². The van der Waals surface area contributed by atoms with Crippen molar-refractivity contribution in [3.05, 3.63) is 34.3 Å². The molecule has 1 unspecified atom stereocenters. The molecular weight excluding hydrogens is 256 g/mol. The van der Waals surface area contributed by atoms with Gasteiger partial charge in [-0.25, -0.2) is 0 Å². The molecule has 0 heterocycles. The summed E-state index contributed by atoms with van der Waals surface area (Å²) in [6, 6.07) is 6.65. The first-order chi connectivity index (χ1) is 8.85. The van der Waals surface area contributed by atoms with Crippen molar-refractivity contribution in [2.75, 3.05) is 0 Å². The molecule has 0 bridgehead atoms. The molecular formula is C16H23ClN2. The van der Waals surface area contributed by atoms with Crippen molar-refractivity contribution in [3.63, 3.8) is 0 Å². The van der Waals surface area contributed by atoms with Gasteiger partial charge in [0, 0.05) is 22.3 Å². The van der Waals surface area contributed by atoms with E-state index in [2.05, 4.69) is 38.2 Å². The highest BCUT2D eigenvalue weighted by Crippen LogP contribution is 2.21. The van der Waals surface area contributed by atoms with Crippen molar-refractivity contribution in [1.29, 1.82) is 0 Å². The first kappa shape index (κ1) is 14.5. The van der Waals surface area contributed by atoms with Crippen LogP contribution in [0.1, 0.15) is 44.7 Å². The van der Waals surface area contributed by atoms with E-state index < -0.39 is 0 Å². The number of nitrogens with one attached hydrogen (secondary N) is 1. The van der Waals surface area contributed by atoms with Crippen LogP contribution in [0, 0.1) is 6.92 Å². The van der Waals surface area contributed by atoms with Crippen molar-refractivity contribution in [1.82, 2.24) is 5.32 Å². The molecule has 1 fully saturated rings. The van der Waals surface area contributed by atoms with Gasteiger partial charge in [0.15, 0.2) is 0 Å². The lowest BCUT2D eigenvalue weighted by molar-refractivity contribution is 0.370. The molecule has 2 nitrogen and oxygen atoms in total. The van der Waals surface area contributed by atoms with E-state index in [0.29, 0.717) is 6.04 Å². The van der Waals surface area contributed by atoms with Crippen LogP contribution in [-0.4, -0.2) is 17.3 Å². The Labute approximate surface area is 121 Å². The number of halogens is 1. The van der Waals surface area contributed by atoms with Crippen LogP contribution >= 0.6 is 11.6 Å². The molecule has 0 saturated heterocycles.